The van der Waals surface area contributed by atoms with E-state index in [1.807, 2.05) is 30.3 Å². The average molecular weight is 276 g/mol. The molecule has 2 rings (SSSR count). The zero-order valence-electron chi connectivity index (χ0n) is 11.8. The number of rotatable bonds is 3. The Labute approximate surface area is 118 Å². The van der Waals surface area contributed by atoms with E-state index in [4.69, 9.17) is 4.74 Å². The van der Waals surface area contributed by atoms with Crippen molar-refractivity contribution < 1.29 is 14.3 Å². The lowest BCUT2D eigenvalue weighted by Gasteiger charge is -2.34. The summed E-state index contributed by atoms with van der Waals surface area (Å²) in [5, 5.41) is 2.62. The molecule has 1 aliphatic rings. The minimum Gasteiger partial charge on any atom is -0.370 e. The summed E-state index contributed by atoms with van der Waals surface area (Å²) in [6.45, 7) is 4.71. The molecule has 1 aromatic rings. The molecule has 2 atom stereocenters. The third kappa shape index (κ3) is 3.57. The molecule has 1 unspecified atom stereocenters. The Morgan fingerprint density at radius 3 is 2.70 bits per heavy atom. The Morgan fingerprint density at radius 1 is 1.35 bits per heavy atom. The van der Waals surface area contributed by atoms with Crippen LogP contribution in [0, 0.1) is 0 Å². The molecule has 1 aromatic carbocycles. The molecule has 0 aliphatic carbocycles. The highest BCUT2D eigenvalue weighted by Crippen LogP contribution is 2.22. The number of morpholine rings is 1. The Bertz CT molecular complexity index is 475. The van der Waals surface area contributed by atoms with Gasteiger partial charge in [-0.2, -0.15) is 0 Å². The monoisotopic (exact) mass is 276 g/mol. The molecular formula is C15H20N2O3. The largest absolute Gasteiger partial charge is 0.370 e. The van der Waals surface area contributed by atoms with E-state index in [2.05, 4.69) is 5.32 Å². The quantitative estimate of drug-likeness (QED) is 0.899. The third-order valence-corrected chi connectivity index (χ3v) is 3.34. The zero-order valence-corrected chi connectivity index (χ0v) is 11.8. The smallest absolute Gasteiger partial charge is 0.245 e. The minimum absolute atomic E-state index is 0.0653. The number of nitrogens with one attached hydrogen (secondary N) is 1. The Balaban J connectivity index is 2.00. The van der Waals surface area contributed by atoms with Crippen LogP contribution in [0.15, 0.2) is 30.3 Å². The summed E-state index contributed by atoms with van der Waals surface area (Å²) in [5.74, 6) is -0.261. The first-order valence-corrected chi connectivity index (χ1v) is 6.80. The van der Waals surface area contributed by atoms with E-state index in [0.29, 0.717) is 19.7 Å². The molecule has 0 aromatic heterocycles. The van der Waals surface area contributed by atoms with Gasteiger partial charge in [0.25, 0.3) is 0 Å². The highest BCUT2D eigenvalue weighted by atomic mass is 16.5. The number of hydrogen-bond acceptors (Lipinski definition) is 3. The molecule has 108 valence electrons. The first kappa shape index (κ1) is 14.5. The van der Waals surface area contributed by atoms with Crippen LogP contribution in [-0.2, 0) is 14.3 Å². The summed E-state index contributed by atoms with van der Waals surface area (Å²) in [5.41, 5.74) is 1.07. The van der Waals surface area contributed by atoms with Crippen molar-refractivity contribution in [3.63, 3.8) is 0 Å². The summed E-state index contributed by atoms with van der Waals surface area (Å²) in [4.78, 5) is 25.0. The molecular weight excluding hydrogens is 256 g/mol. The second-order valence-electron chi connectivity index (χ2n) is 4.98. The number of ether oxygens (including phenoxy) is 1. The number of carbonyl (C=O) groups is 2. The van der Waals surface area contributed by atoms with Gasteiger partial charge >= 0.3 is 0 Å². The second-order valence-corrected chi connectivity index (χ2v) is 4.98. The van der Waals surface area contributed by atoms with Crippen molar-refractivity contribution in [3.8, 4) is 0 Å². The highest BCUT2D eigenvalue weighted by Gasteiger charge is 2.28. The van der Waals surface area contributed by atoms with E-state index in [1.165, 1.54) is 6.92 Å². The van der Waals surface area contributed by atoms with Gasteiger partial charge < -0.3 is 15.0 Å². The summed E-state index contributed by atoms with van der Waals surface area (Å²) in [6.07, 6.45) is -0.0987. The van der Waals surface area contributed by atoms with E-state index in [-0.39, 0.29) is 17.9 Å². The SMILES string of the molecule is CC(=O)N[C@@H](C)C(=O)N1CCOC(c2ccccc2)C1. The molecule has 1 fully saturated rings. The van der Waals surface area contributed by atoms with Gasteiger partial charge in [-0.25, -0.2) is 0 Å². The van der Waals surface area contributed by atoms with Crippen LogP contribution < -0.4 is 5.32 Å². The predicted octanol–water partition coefficient (Wildman–Crippen LogP) is 1.11. The Kier molecular flexibility index (Phi) is 4.74. The molecule has 1 heterocycles. The van der Waals surface area contributed by atoms with Crippen LogP contribution >= 0.6 is 0 Å². The van der Waals surface area contributed by atoms with Gasteiger partial charge in [0.2, 0.25) is 11.8 Å². The molecule has 0 spiro atoms. The molecule has 1 N–H and O–H groups in total. The lowest BCUT2D eigenvalue weighted by Crippen LogP contribution is -2.50. The van der Waals surface area contributed by atoms with Crippen LogP contribution in [0.4, 0.5) is 0 Å². The molecule has 2 amide bonds. The first-order valence-electron chi connectivity index (χ1n) is 6.80. The van der Waals surface area contributed by atoms with Gasteiger partial charge in [-0.1, -0.05) is 30.3 Å². The van der Waals surface area contributed by atoms with Crippen LogP contribution in [0.3, 0.4) is 0 Å². The molecule has 1 saturated heterocycles. The van der Waals surface area contributed by atoms with Crippen LogP contribution in [0.5, 0.6) is 0 Å². The van der Waals surface area contributed by atoms with E-state index >= 15 is 0 Å². The maximum atomic E-state index is 12.3. The number of amides is 2. The van der Waals surface area contributed by atoms with E-state index in [1.54, 1.807) is 11.8 Å². The van der Waals surface area contributed by atoms with Gasteiger partial charge in [0.1, 0.15) is 12.1 Å². The van der Waals surface area contributed by atoms with Crippen molar-refractivity contribution in [1.29, 1.82) is 0 Å². The van der Waals surface area contributed by atoms with E-state index < -0.39 is 6.04 Å². The molecule has 5 nitrogen and oxygen atoms in total. The topological polar surface area (TPSA) is 58.6 Å². The van der Waals surface area contributed by atoms with Crippen molar-refractivity contribution in [2.24, 2.45) is 0 Å². The third-order valence-electron chi connectivity index (χ3n) is 3.34. The highest BCUT2D eigenvalue weighted by molar-refractivity contribution is 5.86. The average Bonchev–Trinajstić information content (AvgIpc) is 2.47. The summed E-state index contributed by atoms with van der Waals surface area (Å²) in [7, 11) is 0. The lowest BCUT2D eigenvalue weighted by molar-refractivity contribution is -0.142. The van der Waals surface area contributed by atoms with Crippen LogP contribution in [-0.4, -0.2) is 42.5 Å². The summed E-state index contributed by atoms with van der Waals surface area (Å²) < 4.78 is 5.72. The second kappa shape index (κ2) is 6.52. The fourth-order valence-electron chi connectivity index (χ4n) is 2.36. The van der Waals surface area contributed by atoms with Crippen LogP contribution in [0.2, 0.25) is 0 Å². The Morgan fingerprint density at radius 2 is 2.05 bits per heavy atom. The molecule has 0 radical (unpaired) electrons. The molecule has 5 heteroatoms. The maximum absolute atomic E-state index is 12.3. The standard InChI is InChI=1S/C15H20N2O3/c1-11(16-12(2)18)15(19)17-8-9-20-14(10-17)13-6-4-3-5-7-13/h3-7,11,14H,8-10H2,1-2H3,(H,16,18)/t11-,14?/m0/s1. The molecule has 0 bridgehead atoms. The number of carbonyl (C=O) groups excluding carboxylic acids is 2. The van der Waals surface area contributed by atoms with E-state index in [9.17, 15) is 9.59 Å². The maximum Gasteiger partial charge on any atom is 0.245 e. The van der Waals surface area contributed by atoms with Crippen LogP contribution in [0.25, 0.3) is 0 Å². The zero-order chi connectivity index (χ0) is 14.5. The number of benzene rings is 1. The fourth-order valence-corrected chi connectivity index (χ4v) is 2.36. The lowest BCUT2D eigenvalue weighted by atomic mass is 10.1. The van der Waals surface area contributed by atoms with Gasteiger partial charge in [-0.3, -0.25) is 9.59 Å². The number of nitrogens with zero attached hydrogens (tertiary/aromatic N) is 1. The van der Waals surface area contributed by atoms with Gasteiger partial charge in [0.15, 0.2) is 0 Å². The van der Waals surface area contributed by atoms with Gasteiger partial charge in [-0.05, 0) is 12.5 Å². The van der Waals surface area contributed by atoms with Crippen molar-refractivity contribution in [1.82, 2.24) is 10.2 Å². The summed E-state index contributed by atoms with van der Waals surface area (Å²) in [6, 6.07) is 9.36. The Hall–Kier alpha value is -1.88. The fraction of sp³-hybridized carbons (Fsp3) is 0.467. The molecule has 0 saturated carbocycles. The van der Waals surface area contributed by atoms with Gasteiger partial charge in [0, 0.05) is 13.5 Å². The van der Waals surface area contributed by atoms with Gasteiger partial charge in [0.05, 0.1) is 13.2 Å². The predicted molar refractivity (Wildman–Crippen MR) is 75.0 cm³/mol. The minimum atomic E-state index is -0.498. The molecule has 20 heavy (non-hydrogen) atoms. The van der Waals surface area contributed by atoms with Crippen molar-refractivity contribution >= 4 is 11.8 Å². The van der Waals surface area contributed by atoms with Crippen molar-refractivity contribution in [2.75, 3.05) is 19.7 Å². The van der Waals surface area contributed by atoms with Crippen LogP contribution in [0.1, 0.15) is 25.5 Å². The van der Waals surface area contributed by atoms with E-state index in [0.717, 1.165) is 5.56 Å². The summed E-state index contributed by atoms with van der Waals surface area (Å²) >= 11 is 0. The number of hydrogen-bond donors (Lipinski definition) is 1. The first-order chi connectivity index (χ1) is 9.58. The van der Waals surface area contributed by atoms with Gasteiger partial charge in [-0.15, -0.1) is 0 Å². The van der Waals surface area contributed by atoms with Crippen molar-refractivity contribution in [2.45, 2.75) is 26.0 Å². The van der Waals surface area contributed by atoms with Crippen molar-refractivity contribution in [3.05, 3.63) is 35.9 Å². The normalized spacial score (nSPS) is 20.3. The molecule has 1 aliphatic heterocycles.